The van der Waals surface area contributed by atoms with Crippen LogP contribution in [-0.4, -0.2) is 58.9 Å². The van der Waals surface area contributed by atoms with Crippen LogP contribution in [0.1, 0.15) is 35.7 Å². The highest BCUT2D eigenvalue weighted by Gasteiger charge is 2.48. The molecular weight excluding hydrogens is 384 g/mol. The molecule has 7 heteroatoms. The van der Waals surface area contributed by atoms with Crippen LogP contribution in [0.5, 0.6) is 0 Å². The van der Waals surface area contributed by atoms with Gasteiger partial charge in [0, 0.05) is 19.1 Å². The van der Waals surface area contributed by atoms with Crippen molar-refractivity contribution in [1.82, 2.24) is 10.4 Å². The summed E-state index contributed by atoms with van der Waals surface area (Å²) in [6.07, 6.45) is 2.03. The second-order valence-corrected chi connectivity index (χ2v) is 7.78. The number of benzene rings is 2. The van der Waals surface area contributed by atoms with Crippen molar-refractivity contribution in [3.63, 3.8) is 0 Å². The topological polar surface area (TPSA) is 99.1 Å². The monoisotopic (exact) mass is 412 g/mol. The van der Waals surface area contributed by atoms with E-state index in [0.717, 1.165) is 24.0 Å². The third kappa shape index (κ3) is 4.53. The van der Waals surface area contributed by atoms with E-state index in [1.807, 2.05) is 24.3 Å². The number of carbonyl (C=O) groups is 2. The maximum absolute atomic E-state index is 13.4. The van der Waals surface area contributed by atoms with E-state index in [4.69, 9.17) is 9.94 Å². The van der Waals surface area contributed by atoms with Crippen molar-refractivity contribution in [2.45, 2.75) is 37.8 Å². The Morgan fingerprint density at radius 3 is 2.53 bits per heavy atom. The number of β-amino-alcohol motifs (C(OH)–C–C–N with tert-alkyl or cyclic N) is 1. The van der Waals surface area contributed by atoms with Crippen LogP contribution < -0.4 is 5.48 Å². The summed E-state index contributed by atoms with van der Waals surface area (Å²) in [5.41, 5.74) is 3.54. The van der Waals surface area contributed by atoms with E-state index in [1.54, 1.807) is 17.6 Å². The second-order valence-electron chi connectivity index (χ2n) is 7.78. The molecule has 0 bridgehead atoms. The molecule has 0 unspecified atom stereocenters. The van der Waals surface area contributed by atoms with Crippen LogP contribution in [0.2, 0.25) is 0 Å². The molecule has 2 amide bonds. The number of hydrogen-bond donors (Lipinski definition) is 3. The lowest BCUT2D eigenvalue weighted by Gasteiger charge is -2.25. The fourth-order valence-electron chi connectivity index (χ4n) is 4.07. The van der Waals surface area contributed by atoms with Gasteiger partial charge in [-0.3, -0.25) is 14.8 Å². The van der Waals surface area contributed by atoms with Gasteiger partial charge in [0.05, 0.1) is 13.2 Å². The quantitative estimate of drug-likeness (QED) is 0.479. The van der Waals surface area contributed by atoms with Crippen molar-refractivity contribution in [1.29, 1.82) is 0 Å². The van der Waals surface area contributed by atoms with Gasteiger partial charge in [0.15, 0.2) is 0 Å². The molecule has 2 aromatic rings. The van der Waals surface area contributed by atoms with Crippen molar-refractivity contribution < 1.29 is 24.6 Å². The Bertz CT molecular complexity index is 899. The Hall–Kier alpha value is -2.74. The number of ether oxygens (including phenoxy) is 1. The number of hydroxylamine groups is 1. The van der Waals surface area contributed by atoms with Crippen LogP contribution in [0.25, 0.3) is 11.1 Å². The van der Waals surface area contributed by atoms with Crippen molar-refractivity contribution in [2.75, 3.05) is 20.3 Å². The number of amides is 2. The zero-order valence-corrected chi connectivity index (χ0v) is 17.3. The van der Waals surface area contributed by atoms with Crippen LogP contribution in [0.3, 0.4) is 0 Å². The zero-order chi connectivity index (χ0) is 21.7. The first-order valence-electron chi connectivity index (χ1n) is 10.1. The number of likely N-dealkylation sites (tertiary alicyclic amines) is 1. The normalized spacial score (nSPS) is 20.9. The van der Waals surface area contributed by atoms with E-state index in [-0.39, 0.29) is 25.5 Å². The molecule has 1 heterocycles. The Kier molecular flexibility index (Phi) is 6.87. The minimum absolute atomic E-state index is 0.0210. The number of hydrogen-bond acceptors (Lipinski definition) is 5. The summed E-state index contributed by atoms with van der Waals surface area (Å²) in [4.78, 5) is 26.9. The summed E-state index contributed by atoms with van der Waals surface area (Å²) in [6.45, 7) is 2.04. The predicted molar refractivity (Wildman–Crippen MR) is 112 cm³/mol. The van der Waals surface area contributed by atoms with E-state index in [1.165, 1.54) is 17.6 Å². The minimum atomic E-state index is -1.36. The first-order chi connectivity index (χ1) is 14.4. The average Bonchev–Trinajstić information content (AvgIpc) is 3.11. The fraction of sp³-hybridized carbons (Fsp3) is 0.391. The van der Waals surface area contributed by atoms with E-state index >= 15 is 0 Å². The highest BCUT2D eigenvalue weighted by Crippen LogP contribution is 2.32. The maximum atomic E-state index is 13.4. The molecule has 3 N–H and O–H groups in total. The summed E-state index contributed by atoms with van der Waals surface area (Å²) < 4.78 is 5.07. The van der Waals surface area contributed by atoms with Crippen LogP contribution in [-0.2, 0) is 16.0 Å². The molecule has 0 aromatic heterocycles. The van der Waals surface area contributed by atoms with Crippen molar-refractivity contribution in [3.05, 3.63) is 59.7 Å². The fourth-order valence-corrected chi connectivity index (χ4v) is 4.07. The van der Waals surface area contributed by atoms with Crippen molar-refractivity contribution >= 4 is 11.8 Å². The molecule has 0 aliphatic carbocycles. The summed E-state index contributed by atoms with van der Waals surface area (Å²) >= 11 is 0. The molecule has 0 spiro atoms. The largest absolute Gasteiger partial charge is 0.386 e. The molecule has 1 saturated heterocycles. The molecule has 7 nitrogen and oxygen atoms in total. The lowest BCUT2D eigenvalue weighted by atomic mass is 9.97. The van der Waals surface area contributed by atoms with Gasteiger partial charge >= 0.3 is 0 Å². The second kappa shape index (κ2) is 9.38. The third-order valence-corrected chi connectivity index (χ3v) is 5.46. The number of carbonyl (C=O) groups excluding carboxylic acids is 2. The van der Waals surface area contributed by atoms with E-state index in [2.05, 4.69) is 19.1 Å². The van der Waals surface area contributed by atoms with Gasteiger partial charge in [-0.2, -0.15) is 0 Å². The summed E-state index contributed by atoms with van der Waals surface area (Å²) in [5, 5.41) is 19.9. The Morgan fingerprint density at radius 2 is 1.90 bits per heavy atom. The average molecular weight is 412 g/mol. The standard InChI is InChI=1S/C23H28N2O5/c1-3-6-16-9-11-17(12-10-16)18-7-4-5-8-19(18)22(27)25-14-23(28,15-30-2)13-20(25)21(26)24-29/h4-5,7-12,20,28-29H,3,6,13-15H2,1-2H3,(H,24,26)/t20-,23+/m0/s1. The molecule has 1 aliphatic heterocycles. The van der Waals surface area contributed by atoms with Gasteiger partial charge in [-0.15, -0.1) is 0 Å². The number of methoxy groups -OCH3 is 1. The highest BCUT2D eigenvalue weighted by atomic mass is 16.5. The first-order valence-corrected chi connectivity index (χ1v) is 10.1. The van der Waals surface area contributed by atoms with Crippen LogP contribution in [0, 0.1) is 0 Å². The van der Waals surface area contributed by atoms with Crippen molar-refractivity contribution in [2.24, 2.45) is 0 Å². The molecule has 0 radical (unpaired) electrons. The van der Waals surface area contributed by atoms with Crippen molar-refractivity contribution in [3.8, 4) is 11.1 Å². The van der Waals surface area contributed by atoms with Gasteiger partial charge in [-0.1, -0.05) is 55.8 Å². The van der Waals surface area contributed by atoms with Gasteiger partial charge in [0.2, 0.25) is 0 Å². The molecular formula is C23H28N2O5. The molecule has 2 atom stereocenters. The third-order valence-electron chi connectivity index (χ3n) is 5.46. The van der Waals surface area contributed by atoms with E-state index < -0.39 is 17.6 Å². The van der Waals surface area contributed by atoms with Crippen LogP contribution >= 0.6 is 0 Å². The minimum Gasteiger partial charge on any atom is -0.386 e. The van der Waals surface area contributed by atoms with Gasteiger partial charge in [0.25, 0.3) is 11.8 Å². The SMILES string of the molecule is CCCc1ccc(-c2ccccc2C(=O)N2C[C@@](O)(COC)C[C@H]2C(=O)NO)cc1. The zero-order valence-electron chi connectivity index (χ0n) is 17.3. The Balaban J connectivity index is 1.95. The maximum Gasteiger partial charge on any atom is 0.266 e. The number of nitrogens with one attached hydrogen (secondary N) is 1. The van der Waals surface area contributed by atoms with Gasteiger partial charge in [0.1, 0.15) is 11.6 Å². The molecule has 2 aromatic carbocycles. The number of nitrogens with zero attached hydrogens (tertiary/aromatic N) is 1. The molecule has 3 rings (SSSR count). The van der Waals surface area contributed by atoms with Crippen LogP contribution in [0.15, 0.2) is 48.5 Å². The van der Waals surface area contributed by atoms with Crippen LogP contribution in [0.4, 0.5) is 0 Å². The smallest absolute Gasteiger partial charge is 0.266 e. The summed E-state index contributed by atoms with van der Waals surface area (Å²) in [7, 11) is 1.45. The Labute approximate surface area is 176 Å². The summed E-state index contributed by atoms with van der Waals surface area (Å²) in [6, 6.07) is 14.3. The molecule has 1 fully saturated rings. The van der Waals surface area contributed by atoms with E-state index in [0.29, 0.717) is 5.56 Å². The van der Waals surface area contributed by atoms with E-state index in [9.17, 15) is 14.7 Å². The lowest BCUT2D eigenvalue weighted by Crippen LogP contribution is -2.45. The highest BCUT2D eigenvalue weighted by molar-refractivity contribution is 6.03. The van der Waals surface area contributed by atoms with Gasteiger partial charge in [-0.25, -0.2) is 5.48 Å². The Morgan fingerprint density at radius 1 is 1.20 bits per heavy atom. The van der Waals surface area contributed by atoms with Gasteiger partial charge in [-0.05, 0) is 29.2 Å². The molecule has 1 aliphatic rings. The lowest BCUT2D eigenvalue weighted by molar-refractivity contribution is -0.133. The molecule has 30 heavy (non-hydrogen) atoms. The number of rotatable bonds is 7. The van der Waals surface area contributed by atoms with Gasteiger partial charge < -0.3 is 14.7 Å². The first kappa shape index (κ1) is 22.0. The number of aryl methyl sites for hydroxylation is 1. The predicted octanol–water partition coefficient (Wildman–Crippen LogP) is 2.40. The molecule has 0 saturated carbocycles. The molecule has 160 valence electrons. The summed E-state index contributed by atoms with van der Waals surface area (Å²) in [5.74, 6) is -1.12. The number of aliphatic hydroxyl groups is 1.